The third-order valence-electron chi connectivity index (χ3n) is 3.56. The summed E-state index contributed by atoms with van der Waals surface area (Å²) >= 11 is 6.36. The van der Waals surface area contributed by atoms with Crippen molar-refractivity contribution in [2.75, 3.05) is 0 Å². The Hall–Kier alpha value is -2.66. The highest BCUT2D eigenvalue weighted by Crippen LogP contribution is 2.24. The standard InChI is InChI=1S/C18H14ClFN2O2/c1-12-15(11-24-18(23)14-9-5-6-10-16(14)20)17(19)22(21-12)13-7-3-2-4-8-13/h2-10H,11H2,1H3. The summed E-state index contributed by atoms with van der Waals surface area (Å²) < 4.78 is 20.4. The highest BCUT2D eigenvalue weighted by molar-refractivity contribution is 6.30. The lowest BCUT2D eigenvalue weighted by Crippen LogP contribution is -2.08. The molecule has 3 rings (SSSR count). The third-order valence-corrected chi connectivity index (χ3v) is 3.95. The molecule has 0 aliphatic carbocycles. The van der Waals surface area contributed by atoms with Gasteiger partial charge in [0.15, 0.2) is 0 Å². The predicted octanol–water partition coefficient (Wildman–Crippen LogP) is 4.33. The number of benzene rings is 2. The maximum Gasteiger partial charge on any atom is 0.341 e. The van der Waals surface area contributed by atoms with E-state index in [1.165, 1.54) is 18.2 Å². The third kappa shape index (κ3) is 3.16. The lowest BCUT2D eigenvalue weighted by Gasteiger charge is -2.06. The Bertz CT molecular complexity index is 878. The molecule has 0 spiro atoms. The number of hydrogen-bond donors (Lipinski definition) is 0. The van der Waals surface area contributed by atoms with Gasteiger partial charge < -0.3 is 4.74 Å². The van der Waals surface area contributed by atoms with E-state index >= 15 is 0 Å². The van der Waals surface area contributed by atoms with Crippen LogP contribution in [0.3, 0.4) is 0 Å². The minimum atomic E-state index is -0.740. The number of rotatable bonds is 4. The van der Waals surface area contributed by atoms with Crippen molar-refractivity contribution in [2.24, 2.45) is 0 Å². The van der Waals surface area contributed by atoms with Crippen LogP contribution in [0.15, 0.2) is 54.6 Å². The van der Waals surface area contributed by atoms with E-state index in [1.807, 2.05) is 30.3 Å². The highest BCUT2D eigenvalue weighted by Gasteiger charge is 2.18. The Morgan fingerprint density at radius 3 is 2.54 bits per heavy atom. The molecule has 0 unspecified atom stereocenters. The van der Waals surface area contributed by atoms with Crippen molar-refractivity contribution in [1.82, 2.24) is 9.78 Å². The van der Waals surface area contributed by atoms with E-state index in [9.17, 15) is 9.18 Å². The predicted molar refractivity (Wildman–Crippen MR) is 88.8 cm³/mol. The van der Waals surface area contributed by atoms with Gasteiger partial charge in [-0.15, -0.1) is 0 Å². The molecule has 0 N–H and O–H groups in total. The van der Waals surface area contributed by atoms with Gasteiger partial charge in [0, 0.05) is 5.56 Å². The van der Waals surface area contributed by atoms with E-state index < -0.39 is 11.8 Å². The normalized spacial score (nSPS) is 10.6. The summed E-state index contributed by atoms with van der Waals surface area (Å²) in [5.41, 5.74) is 1.93. The van der Waals surface area contributed by atoms with Crippen LogP contribution in [-0.4, -0.2) is 15.7 Å². The highest BCUT2D eigenvalue weighted by atomic mass is 35.5. The molecule has 3 aromatic rings. The van der Waals surface area contributed by atoms with Crippen LogP contribution >= 0.6 is 11.6 Å². The average Bonchev–Trinajstić information content (AvgIpc) is 2.88. The quantitative estimate of drug-likeness (QED) is 0.662. The molecule has 0 radical (unpaired) electrons. The Labute approximate surface area is 143 Å². The Morgan fingerprint density at radius 1 is 1.17 bits per heavy atom. The molecule has 4 nitrogen and oxygen atoms in total. The maximum absolute atomic E-state index is 13.6. The van der Waals surface area contributed by atoms with Gasteiger partial charge in [0.2, 0.25) is 0 Å². The van der Waals surface area contributed by atoms with Crippen molar-refractivity contribution >= 4 is 17.6 Å². The number of esters is 1. The van der Waals surface area contributed by atoms with Crippen LogP contribution < -0.4 is 0 Å². The molecular formula is C18H14ClFN2O2. The fourth-order valence-corrected chi connectivity index (χ4v) is 2.60. The fourth-order valence-electron chi connectivity index (χ4n) is 2.28. The lowest BCUT2D eigenvalue weighted by molar-refractivity contribution is 0.0467. The SMILES string of the molecule is Cc1nn(-c2ccccc2)c(Cl)c1COC(=O)c1ccccc1F. The summed E-state index contributed by atoms with van der Waals surface area (Å²) in [5.74, 6) is -1.36. The van der Waals surface area contributed by atoms with Gasteiger partial charge in [-0.3, -0.25) is 0 Å². The number of halogens is 2. The molecule has 0 aliphatic rings. The summed E-state index contributed by atoms with van der Waals surface area (Å²) in [6.45, 7) is 1.70. The van der Waals surface area contributed by atoms with Crippen molar-refractivity contribution in [3.8, 4) is 5.69 Å². The van der Waals surface area contributed by atoms with Crippen LogP contribution in [0.5, 0.6) is 0 Å². The maximum atomic E-state index is 13.6. The molecule has 0 bridgehead atoms. The number of para-hydroxylation sites is 1. The molecule has 0 amide bonds. The van der Waals surface area contributed by atoms with E-state index in [2.05, 4.69) is 5.10 Å². The van der Waals surface area contributed by atoms with Crippen LogP contribution in [0.4, 0.5) is 4.39 Å². The molecule has 2 aromatic carbocycles. The largest absolute Gasteiger partial charge is 0.457 e. The zero-order valence-electron chi connectivity index (χ0n) is 12.9. The molecular weight excluding hydrogens is 331 g/mol. The van der Waals surface area contributed by atoms with Crippen LogP contribution in [0.2, 0.25) is 5.15 Å². The molecule has 1 heterocycles. The molecule has 1 aromatic heterocycles. The van der Waals surface area contributed by atoms with Crippen LogP contribution in [0.25, 0.3) is 5.69 Å². The first kappa shape index (κ1) is 16.2. The van der Waals surface area contributed by atoms with Gasteiger partial charge in [0.05, 0.1) is 16.9 Å². The number of ether oxygens (including phenoxy) is 1. The zero-order chi connectivity index (χ0) is 17.1. The summed E-state index contributed by atoms with van der Waals surface area (Å²) in [7, 11) is 0. The minimum absolute atomic E-state index is 0.0787. The summed E-state index contributed by atoms with van der Waals surface area (Å²) in [6, 6.07) is 15.1. The number of hydrogen-bond acceptors (Lipinski definition) is 3. The molecule has 0 atom stereocenters. The monoisotopic (exact) mass is 344 g/mol. The topological polar surface area (TPSA) is 44.1 Å². The van der Waals surface area contributed by atoms with Crippen molar-refractivity contribution in [3.05, 3.63) is 82.4 Å². The van der Waals surface area contributed by atoms with Crippen molar-refractivity contribution in [1.29, 1.82) is 0 Å². The number of carbonyl (C=O) groups excluding carboxylic acids is 1. The van der Waals surface area contributed by atoms with Crippen LogP contribution in [0.1, 0.15) is 21.6 Å². The first-order valence-electron chi connectivity index (χ1n) is 7.29. The zero-order valence-corrected chi connectivity index (χ0v) is 13.6. The van der Waals surface area contributed by atoms with Gasteiger partial charge in [0.25, 0.3) is 0 Å². The second kappa shape index (κ2) is 6.84. The molecule has 0 saturated heterocycles. The molecule has 24 heavy (non-hydrogen) atoms. The van der Waals surface area contributed by atoms with Gasteiger partial charge in [-0.1, -0.05) is 41.9 Å². The second-order valence-corrected chi connectivity index (χ2v) is 5.52. The lowest BCUT2D eigenvalue weighted by atomic mass is 10.2. The van der Waals surface area contributed by atoms with Gasteiger partial charge in [-0.05, 0) is 31.2 Å². The number of aromatic nitrogens is 2. The van der Waals surface area contributed by atoms with E-state index in [4.69, 9.17) is 16.3 Å². The average molecular weight is 345 g/mol. The molecule has 0 aliphatic heterocycles. The van der Waals surface area contributed by atoms with Gasteiger partial charge >= 0.3 is 5.97 Å². The Balaban J connectivity index is 1.80. The van der Waals surface area contributed by atoms with Crippen LogP contribution in [-0.2, 0) is 11.3 Å². The minimum Gasteiger partial charge on any atom is -0.457 e. The van der Waals surface area contributed by atoms with E-state index in [-0.39, 0.29) is 12.2 Å². The van der Waals surface area contributed by atoms with Crippen molar-refractivity contribution in [3.63, 3.8) is 0 Å². The Kier molecular flexibility index (Phi) is 4.62. The van der Waals surface area contributed by atoms with E-state index in [0.717, 1.165) is 5.69 Å². The second-order valence-electron chi connectivity index (χ2n) is 5.16. The summed E-state index contributed by atoms with van der Waals surface area (Å²) in [4.78, 5) is 12.0. The van der Waals surface area contributed by atoms with Gasteiger partial charge in [-0.25, -0.2) is 13.9 Å². The molecule has 0 saturated carbocycles. The Morgan fingerprint density at radius 2 is 1.83 bits per heavy atom. The summed E-state index contributed by atoms with van der Waals surface area (Å²) in [6.07, 6.45) is 0. The summed E-state index contributed by atoms with van der Waals surface area (Å²) in [5, 5.41) is 4.73. The number of aryl methyl sites for hydroxylation is 1. The van der Waals surface area contributed by atoms with Crippen molar-refractivity contribution in [2.45, 2.75) is 13.5 Å². The fraction of sp³-hybridized carbons (Fsp3) is 0.111. The van der Waals surface area contributed by atoms with Crippen LogP contribution in [0, 0.1) is 12.7 Å². The van der Waals surface area contributed by atoms with Gasteiger partial charge in [0.1, 0.15) is 17.6 Å². The first-order chi connectivity index (χ1) is 11.6. The van der Waals surface area contributed by atoms with E-state index in [1.54, 1.807) is 17.7 Å². The molecule has 6 heteroatoms. The van der Waals surface area contributed by atoms with Gasteiger partial charge in [-0.2, -0.15) is 5.10 Å². The molecule has 122 valence electrons. The van der Waals surface area contributed by atoms with Crippen molar-refractivity contribution < 1.29 is 13.9 Å². The number of carbonyl (C=O) groups is 1. The number of nitrogens with zero attached hydrogens (tertiary/aromatic N) is 2. The van der Waals surface area contributed by atoms with E-state index in [0.29, 0.717) is 16.4 Å². The molecule has 0 fully saturated rings. The smallest absolute Gasteiger partial charge is 0.341 e. The first-order valence-corrected chi connectivity index (χ1v) is 7.67.